The molecule has 41 heavy (non-hydrogen) atoms. The highest BCUT2D eigenvalue weighted by atomic mass is 16.2. The van der Waals surface area contributed by atoms with E-state index in [4.69, 9.17) is 5.73 Å². The summed E-state index contributed by atoms with van der Waals surface area (Å²) in [6.07, 6.45) is 4.20. The minimum atomic E-state index is -1.15. The Balaban J connectivity index is 1.92. The van der Waals surface area contributed by atoms with Gasteiger partial charge in [0.1, 0.15) is 18.1 Å². The number of unbranched alkanes of at least 4 members (excludes halogenated alkanes) is 1. The van der Waals surface area contributed by atoms with Crippen LogP contribution >= 0.6 is 0 Å². The first-order valence-corrected chi connectivity index (χ1v) is 14.6. The van der Waals surface area contributed by atoms with Crippen LogP contribution in [0.4, 0.5) is 0 Å². The minimum Gasteiger partial charge on any atom is -0.368 e. The van der Waals surface area contributed by atoms with Gasteiger partial charge in [-0.3, -0.25) is 28.8 Å². The summed E-state index contributed by atoms with van der Waals surface area (Å²) in [5.41, 5.74) is 5.46. The Hall–Kier alpha value is -3.26. The Labute approximate surface area is 242 Å². The fraction of sp³-hybridized carbons (Fsp3) is 0.778. The molecule has 2 fully saturated rings. The third kappa shape index (κ3) is 10.3. The van der Waals surface area contributed by atoms with Crippen molar-refractivity contribution in [3.05, 3.63) is 0 Å². The van der Waals surface area contributed by atoms with Crippen molar-refractivity contribution < 1.29 is 28.8 Å². The van der Waals surface area contributed by atoms with Crippen molar-refractivity contribution >= 4 is 35.4 Å². The summed E-state index contributed by atoms with van der Waals surface area (Å²) in [6, 6.07) is -3.58. The summed E-state index contributed by atoms with van der Waals surface area (Å²) in [5, 5.41) is 13.9. The van der Waals surface area contributed by atoms with E-state index in [9.17, 15) is 28.8 Å². The lowest BCUT2D eigenvalue weighted by Crippen LogP contribution is -2.56. The summed E-state index contributed by atoms with van der Waals surface area (Å²) in [4.78, 5) is 78.9. The summed E-state index contributed by atoms with van der Waals surface area (Å²) in [5.74, 6) is -2.36. The Kier molecular flexibility index (Phi) is 14.0. The van der Waals surface area contributed by atoms with E-state index in [-0.39, 0.29) is 18.2 Å². The van der Waals surface area contributed by atoms with Gasteiger partial charge in [0.2, 0.25) is 35.4 Å². The Bertz CT molecular complexity index is 941. The van der Waals surface area contributed by atoms with Crippen LogP contribution in [0.1, 0.15) is 65.2 Å². The molecule has 5 atom stereocenters. The number of rotatable bonds is 16. The van der Waals surface area contributed by atoms with Crippen molar-refractivity contribution in [2.75, 3.05) is 40.3 Å². The number of amides is 6. The molecule has 6 amide bonds. The van der Waals surface area contributed by atoms with E-state index in [0.29, 0.717) is 58.3 Å². The standard InChI is InChI=1S/C27H48N8O6/c1-17(29-3)24(38)32-19(26(40)34-13-7-8-14-34)10-5-6-12-31-22(36)16-20(33-25(39)18(2)30-4)27(41)35-15-9-11-21(35)23(28)37/h17-21,29-30H,5-16H2,1-4H3,(H2,28,37)(H,31,36)(H,32,38)(H,33,39)/t17-,18?,19?,20-,21?/m0/s1. The molecule has 14 heteroatoms. The number of nitrogens with one attached hydrogen (secondary N) is 5. The zero-order valence-corrected chi connectivity index (χ0v) is 24.8. The van der Waals surface area contributed by atoms with Crippen molar-refractivity contribution in [1.29, 1.82) is 0 Å². The molecule has 0 aromatic heterocycles. The van der Waals surface area contributed by atoms with Crippen LogP contribution in [-0.4, -0.2) is 116 Å². The van der Waals surface area contributed by atoms with Crippen molar-refractivity contribution in [3.8, 4) is 0 Å². The van der Waals surface area contributed by atoms with E-state index < -0.39 is 53.8 Å². The SMILES string of the molecule is CNC(C)C(=O)N[C@@H](CC(=O)NCCCCC(NC(=O)[C@H](C)NC)C(=O)N1CCCC1)C(=O)N1CCCC1C(N)=O. The molecule has 0 aromatic rings. The topological polar surface area (TPSA) is 195 Å². The largest absolute Gasteiger partial charge is 0.368 e. The second-order valence-electron chi connectivity index (χ2n) is 10.8. The summed E-state index contributed by atoms with van der Waals surface area (Å²) >= 11 is 0. The second-order valence-corrected chi connectivity index (χ2v) is 10.8. The molecule has 0 spiro atoms. The molecule has 2 aliphatic heterocycles. The maximum atomic E-state index is 13.3. The second kappa shape index (κ2) is 16.9. The van der Waals surface area contributed by atoms with Gasteiger partial charge in [0.05, 0.1) is 18.5 Å². The molecule has 3 unspecified atom stereocenters. The number of likely N-dealkylation sites (N-methyl/N-ethyl adjacent to an activating group) is 2. The van der Waals surface area contributed by atoms with Crippen LogP contribution in [0.15, 0.2) is 0 Å². The van der Waals surface area contributed by atoms with E-state index >= 15 is 0 Å². The van der Waals surface area contributed by atoms with Gasteiger partial charge in [-0.1, -0.05) is 0 Å². The predicted octanol–water partition coefficient (Wildman–Crippen LogP) is -2.05. The van der Waals surface area contributed by atoms with Crippen LogP contribution in [0.3, 0.4) is 0 Å². The highest BCUT2D eigenvalue weighted by Crippen LogP contribution is 2.19. The fourth-order valence-corrected chi connectivity index (χ4v) is 4.96. The van der Waals surface area contributed by atoms with Gasteiger partial charge >= 0.3 is 0 Å². The Morgan fingerprint density at radius 1 is 0.805 bits per heavy atom. The molecule has 0 radical (unpaired) electrons. The summed E-state index contributed by atoms with van der Waals surface area (Å²) in [6.45, 7) is 5.33. The molecular formula is C27H48N8O6. The summed E-state index contributed by atoms with van der Waals surface area (Å²) < 4.78 is 0. The third-order valence-corrected chi connectivity index (χ3v) is 7.80. The lowest BCUT2D eigenvalue weighted by Gasteiger charge is -2.28. The van der Waals surface area contributed by atoms with E-state index in [1.54, 1.807) is 32.8 Å². The quantitative estimate of drug-likeness (QED) is 0.112. The van der Waals surface area contributed by atoms with Gasteiger partial charge in [0.15, 0.2) is 0 Å². The van der Waals surface area contributed by atoms with Gasteiger partial charge in [-0.15, -0.1) is 0 Å². The van der Waals surface area contributed by atoms with Crippen molar-refractivity contribution in [1.82, 2.24) is 36.4 Å². The fourth-order valence-electron chi connectivity index (χ4n) is 4.96. The predicted molar refractivity (Wildman–Crippen MR) is 152 cm³/mol. The van der Waals surface area contributed by atoms with Crippen LogP contribution in [-0.2, 0) is 28.8 Å². The van der Waals surface area contributed by atoms with Crippen LogP contribution in [0, 0.1) is 0 Å². The molecule has 0 bridgehead atoms. The third-order valence-electron chi connectivity index (χ3n) is 7.80. The molecule has 14 nitrogen and oxygen atoms in total. The first kappa shape index (κ1) is 33.9. The van der Waals surface area contributed by atoms with Gasteiger partial charge < -0.3 is 42.1 Å². The lowest BCUT2D eigenvalue weighted by molar-refractivity contribution is -0.142. The lowest BCUT2D eigenvalue weighted by atomic mass is 10.1. The highest BCUT2D eigenvalue weighted by molar-refractivity contribution is 5.95. The van der Waals surface area contributed by atoms with Crippen molar-refractivity contribution in [2.24, 2.45) is 5.73 Å². The normalized spacial score (nSPS) is 19.7. The van der Waals surface area contributed by atoms with Crippen LogP contribution in [0.25, 0.3) is 0 Å². The highest BCUT2D eigenvalue weighted by Gasteiger charge is 2.37. The molecule has 7 N–H and O–H groups in total. The van der Waals surface area contributed by atoms with Gasteiger partial charge in [-0.25, -0.2) is 0 Å². The number of carbonyl (C=O) groups excluding carboxylic acids is 6. The molecule has 0 aliphatic carbocycles. The molecule has 2 rings (SSSR count). The van der Waals surface area contributed by atoms with Crippen molar-refractivity contribution in [3.63, 3.8) is 0 Å². The van der Waals surface area contributed by atoms with E-state index in [0.717, 1.165) is 12.8 Å². The number of nitrogens with zero attached hydrogens (tertiary/aromatic N) is 2. The maximum Gasteiger partial charge on any atom is 0.246 e. The Morgan fingerprint density at radius 2 is 1.39 bits per heavy atom. The molecule has 2 heterocycles. The smallest absolute Gasteiger partial charge is 0.246 e. The first-order chi connectivity index (χ1) is 19.5. The molecule has 2 aliphatic rings. The van der Waals surface area contributed by atoms with Crippen LogP contribution in [0.5, 0.6) is 0 Å². The molecular weight excluding hydrogens is 532 g/mol. The Morgan fingerprint density at radius 3 is 1.95 bits per heavy atom. The van der Waals surface area contributed by atoms with Crippen molar-refractivity contribution in [2.45, 2.75) is 95.4 Å². The zero-order valence-electron chi connectivity index (χ0n) is 24.8. The number of hydrogen-bond donors (Lipinski definition) is 6. The van der Waals surface area contributed by atoms with Gasteiger partial charge in [-0.05, 0) is 72.9 Å². The van der Waals surface area contributed by atoms with Crippen LogP contribution in [0.2, 0.25) is 0 Å². The first-order valence-electron chi connectivity index (χ1n) is 14.6. The number of likely N-dealkylation sites (tertiary alicyclic amines) is 2. The number of nitrogens with two attached hydrogens (primary N) is 1. The van der Waals surface area contributed by atoms with Gasteiger partial charge in [0, 0.05) is 26.2 Å². The maximum absolute atomic E-state index is 13.3. The van der Waals surface area contributed by atoms with E-state index in [1.165, 1.54) is 4.90 Å². The zero-order chi connectivity index (χ0) is 30.5. The van der Waals surface area contributed by atoms with Gasteiger partial charge in [-0.2, -0.15) is 0 Å². The number of primary amides is 1. The van der Waals surface area contributed by atoms with Crippen LogP contribution < -0.4 is 32.3 Å². The number of carbonyl (C=O) groups is 6. The van der Waals surface area contributed by atoms with E-state index in [1.807, 2.05) is 0 Å². The molecule has 232 valence electrons. The monoisotopic (exact) mass is 580 g/mol. The average Bonchev–Trinajstić information content (AvgIpc) is 3.67. The molecule has 0 saturated carbocycles. The van der Waals surface area contributed by atoms with E-state index in [2.05, 4.69) is 26.6 Å². The number of hydrogen-bond acceptors (Lipinski definition) is 8. The minimum absolute atomic E-state index is 0.0905. The van der Waals surface area contributed by atoms with Gasteiger partial charge in [0.25, 0.3) is 0 Å². The molecule has 2 saturated heterocycles. The molecule has 0 aromatic carbocycles. The summed E-state index contributed by atoms with van der Waals surface area (Å²) in [7, 11) is 3.28. The average molecular weight is 581 g/mol.